The van der Waals surface area contributed by atoms with Crippen molar-refractivity contribution in [2.45, 2.75) is 70.7 Å². The normalized spacial score (nSPS) is 55.0. The first kappa shape index (κ1) is 13.4. The summed E-state index contributed by atoms with van der Waals surface area (Å²) < 4.78 is 6.08. The molecule has 3 fully saturated rings. The van der Waals surface area contributed by atoms with Gasteiger partial charge in [0.05, 0.1) is 17.6 Å². The number of aliphatic carboxylic acids is 1. The van der Waals surface area contributed by atoms with Crippen molar-refractivity contribution >= 4 is 5.97 Å². The molecule has 1 spiro atoms. The van der Waals surface area contributed by atoms with E-state index in [0.717, 1.165) is 19.3 Å². The van der Waals surface area contributed by atoms with Gasteiger partial charge in [-0.1, -0.05) is 27.2 Å². The molecule has 1 heterocycles. The SMILES string of the molecule is CC1(O)CC2OC23C(C)(C)CCCC3(C)C1C(=O)O. The largest absolute Gasteiger partial charge is 0.481 e. The van der Waals surface area contributed by atoms with Gasteiger partial charge in [-0.15, -0.1) is 0 Å². The average molecular weight is 268 g/mol. The molecular formula is C15H24O4. The quantitative estimate of drug-likeness (QED) is 0.715. The molecule has 0 aromatic rings. The van der Waals surface area contributed by atoms with Crippen molar-refractivity contribution in [2.24, 2.45) is 16.7 Å². The lowest BCUT2D eigenvalue weighted by Crippen LogP contribution is -2.65. The molecular weight excluding hydrogens is 244 g/mol. The van der Waals surface area contributed by atoms with E-state index in [-0.39, 0.29) is 17.1 Å². The highest BCUT2D eigenvalue weighted by molar-refractivity contribution is 5.74. The van der Waals surface area contributed by atoms with Gasteiger partial charge in [-0.05, 0) is 25.2 Å². The van der Waals surface area contributed by atoms with Gasteiger partial charge < -0.3 is 14.9 Å². The molecule has 0 aromatic carbocycles. The highest BCUT2D eigenvalue weighted by Gasteiger charge is 2.81. The molecule has 2 aliphatic carbocycles. The Labute approximate surface area is 114 Å². The molecule has 0 aromatic heterocycles. The van der Waals surface area contributed by atoms with Crippen molar-refractivity contribution in [3.8, 4) is 0 Å². The lowest BCUT2D eigenvalue weighted by atomic mass is 9.45. The van der Waals surface area contributed by atoms with Crippen LogP contribution >= 0.6 is 0 Å². The summed E-state index contributed by atoms with van der Waals surface area (Å²) in [6.45, 7) is 8.04. The van der Waals surface area contributed by atoms with Crippen LogP contribution in [0.2, 0.25) is 0 Å². The predicted octanol–water partition coefficient (Wildman–Crippen LogP) is 2.20. The van der Waals surface area contributed by atoms with E-state index in [0.29, 0.717) is 6.42 Å². The Bertz CT molecular complexity index is 441. The van der Waals surface area contributed by atoms with Gasteiger partial charge in [0.15, 0.2) is 0 Å². The second-order valence-electron chi connectivity index (χ2n) is 7.83. The summed E-state index contributed by atoms with van der Waals surface area (Å²) in [5, 5.41) is 20.3. The molecule has 5 atom stereocenters. The number of hydrogen-bond donors (Lipinski definition) is 2. The summed E-state index contributed by atoms with van der Waals surface area (Å²) in [7, 11) is 0. The lowest BCUT2D eigenvalue weighted by molar-refractivity contribution is -0.184. The zero-order valence-electron chi connectivity index (χ0n) is 12.2. The topological polar surface area (TPSA) is 70.1 Å². The first-order valence-corrected chi connectivity index (χ1v) is 7.21. The van der Waals surface area contributed by atoms with Crippen molar-refractivity contribution in [3.63, 3.8) is 0 Å². The van der Waals surface area contributed by atoms with Crippen LogP contribution in [-0.4, -0.2) is 33.5 Å². The van der Waals surface area contributed by atoms with Crippen molar-refractivity contribution in [3.05, 3.63) is 0 Å². The third-order valence-electron chi connectivity index (χ3n) is 6.18. The van der Waals surface area contributed by atoms with Crippen LogP contribution in [0.5, 0.6) is 0 Å². The van der Waals surface area contributed by atoms with Crippen LogP contribution < -0.4 is 0 Å². The molecule has 2 N–H and O–H groups in total. The van der Waals surface area contributed by atoms with Gasteiger partial charge in [0.1, 0.15) is 5.60 Å². The minimum Gasteiger partial charge on any atom is -0.481 e. The van der Waals surface area contributed by atoms with E-state index in [1.165, 1.54) is 0 Å². The predicted molar refractivity (Wildman–Crippen MR) is 69.7 cm³/mol. The Balaban J connectivity index is 2.14. The van der Waals surface area contributed by atoms with Gasteiger partial charge >= 0.3 is 5.97 Å². The molecule has 0 amide bonds. The van der Waals surface area contributed by atoms with Crippen LogP contribution in [0, 0.1) is 16.7 Å². The number of rotatable bonds is 1. The Morgan fingerprint density at radius 1 is 1.21 bits per heavy atom. The van der Waals surface area contributed by atoms with Gasteiger partial charge in [-0.25, -0.2) is 0 Å². The zero-order chi connectivity index (χ0) is 14.3. The van der Waals surface area contributed by atoms with Gasteiger partial charge in [0, 0.05) is 11.8 Å². The smallest absolute Gasteiger partial charge is 0.310 e. The summed E-state index contributed by atoms with van der Waals surface area (Å²) in [5.74, 6) is -1.64. The fourth-order valence-electron chi connectivity index (χ4n) is 5.59. The van der Waals surface area contributed by atoms with Crippen LogP contribution in [0.15, 0.2) is 0 Å². The summed E-state index contributed by atoms with van der Waals surface area (Å²) in [6, 6.07) is 0. The molecule has 1 saturated heterocycles. The van der Waals surface area contributed by atoms with Crippen molar-refractivity contribution in [1.29, 1.82) is 0 Å². The monoisotopic (exact) mass is 268 g/mol. The Morgan fingerprint density at radius 3 is 2.42 bits per heavy atom. The van der Waals surface area contributed by atoms with Gasteiger partial charge in [-0.2, -0.15) is 0 Å². The van der Waals surface area contributed by atoms with Crippen LogP contribution in [0.25, 0.3) is 0 Å². The molecule has 4 nitrogen and oxygen atoms in total. The summed E-state index contributed by atoms with van der Waals surface area (Å²) >= 11 is 0. The average Bonchev–Trinajstić information content (AvgIpc) is 2.88. The number of epoxide rings is 1. The Morgan fingerprint density at radius 2 is 1.84 bits per heavy atom. The fourth-order valence-corrected chi connectivity index (χ4v) is 5.59. The molecule has 1 aliphatic heterocycles. The van der Waals surface area contributed by atoms with E-state index in [9.17, 15) is 15.0 Å². The number of aliphatic hydroxyl groups is 1. The van der Waals surface area contributed by atoms with Crippen LogP contribution in [0.1, 0.15) is 53.4 Å². The standard InChI is InChI=1S/C15H24O4/c1-12(2)6-5-7-13(3)10(11(16)17)14(4,18)8-9-15(12,13)19-9/h9-10,18H,5-8H2,1-4H3,(H,16,17). The highest BCUT2D eigenvalue weighted by atomic mass is 16.6. The van der Waals surface area contributed by atoms with E-state index in [1.807, 2.05) is 6.92 Å². The molecule has 19 heavy (non-hydrogen) atoms. The van der Waals surface area contributed by atoms with Crippen molar-refractivity contribution < 1.29 is 19.7 Å². The van der Waals surface area contributed by atoms with Gasteiger partial charge in [-0.3, -0.25) is 4.79 Å². The summed E-state index contributed by atoms with van der Waals surface area (Å²) in [6.07, 6.45) is 3.33. The second kappa shape index (κ2) is 3.34. The van der Waals surface area contributed by atoms with E-state index in [1.54, 1.807) is 6.92 Å². The molecule has 3 aliphatic rings. The van der Waals surface area contributed by atoms with Crippen molar-refractivity contribution in [1.82, 2.24) is 0 Å². The lowest BCUT2D eigenvalue weighted by Gasteiger charge is -2.57. The maximum absolute atomic E-state index is 11.8. The fraction of sp³-hybridized carbons (Fsp3) is 0.933. The number of ether oxygens (including phenoxy) is 1. The zero-order valence-corrected chi connectivity index (χ0v) is 12.2. The molecule has 2 saturated carbocycles. The van der Waals surface area contributed by atoms with E-state index in [2.05, 4.69) is 13.8 Å². The summed E-state index contributed by atoms with van der Waals surface area (Å²) in [5.41, 5.74) is -2.04. The summed E-state index contributed by atoms with van der Waals surface area (Å²) in [4.78, 5) is 11.8. The Kier molecular flexibility index (Phi) is 2.35. The third-order valence-corrected chi connectivity index (χ3v) is 6.18. The maximum atomic E-state index is 11.8. The Hall–Kier alpha value is -0.610. The van der Waals surface area contributed by atoms with E-state index >= 15 is 0 Å². The molecule has 5 unspecified atom stereocenters. The van der Waals surface area contributed by atoms with Crippen LogP contribution in [0.4, 0.5) is 0 Å². The molecule has 3 rings (SSSR count). The minimum atomic E-state index is -1.18. The minimum absolute atomic E-state index is 0.0124. The van der Waals surface area contributed by atoms with Crippen molar-refractivity contribution in [2.75, 3.05) is 0 Å². The molecule has 0 bridgehead atoms. The van der Waals surface area contributed by atoms with E-state index in [4.69, 9.17) is 4.74 Å². The number of carboxylic acids is 1. The van der Waals surface area contributed by atoms with Crippen LogP contribution in [-0.2, 0) is 9.53 Å². The first-order chi connectivity index (χ1) is 8.58. The molecule has 0 radical (unpaired) electrons. The number of hydrogen-bond acceptors (Lipinski definition) is 3. The highest BCUT2D eigenvalue weighted by Crippen LogP contribution is 2.73. The third kappa shape index (κ3) is 1.34. The number of carbonyl (C=O) groups is 1. The first-order valence-electron chi connectivity index (χ1n) is 7.21. The second-order valence-corrected chi connectivity index (χ2v) is 7.83. The van der Waals surface area contributed by atoms with E-state index < -0.39 is 22.9 Å². The number of carboxylic acid groups (broad SMARTS) is 1. The molecule has 108 valence electrons. The van der Waals surface area contributed by atoms with Gasteiger partial charge in [0.2, 0.25) is 0 Å². The van der Waals surface area contributed by atoms with Crippen LogP contribution in [0.3, 0.4) is 0 Å². The molecule has 4 heteroatoms. The van der Waals surface area contributed by atoms with Gasteiger partial charge in [0.25, 0.3) is 0 Å². The maximum Gasteiger partial charge on any atom is 0.310 e.